The Bertz CT molecular complexity index is 858. The topological polar surface area (TPSA) is 71.0 Å². The lowest BCUT2D eigenvalue weighted by Gasteiger charge is -2.35. The molecular formula is C21H23ClN2O4. The first-order valence-corrected chi connectivity index (χ1v) is 9.70. The van der Waals surface area contributed by atoms with Gasteiger partial charge < -0.3 is 19.9 Å². The van der Waals surface area contributed by atoms with Crippen molar-refractivity contribution in [1.29, 1.82) is 0 Å². The number of halogens is 1. The van der Waals surface area contributed by atoms with E-state index in [1.807, 2.05) is 24.3 Å². The molecule has 0 aromatic heterocycles. The highest BCUT2D eigenvalue weighted by atomic mass is 35.5. The van der Waals surface area contributed by atoms with E-state index in [9.17, 15) is 9.90 Å². The standard InChI is InChI=1S/C21H23ClN2O4/c1-27-19-7-4-14(8-18(19)25)21(26)23-16-9-17-12-28-20(11-24(17)10-16)13-2-5-15(22)6-3-13/h2-8,16-17,20,25H,9-12H2,1H3,(H,23,26)/t16-,17-,20+/m0/s1. The van der Waals surface area contributed by atoms with E-state index in [4.69, 9.17) is 21.1 Å². The summed E-state index contributed by atoms with van der Waals surface area (Å²) < 4.78 is 11.1. The van der Waals surface area contributed by atoms with Crippen molar-refractivity contribution in [3.8, 4) is 11.5 Å². The summed E-state index contributed by atoms with van der Waals surface area (Å²) in [5.74, 6) is 0.108. The van der Waals surface area contributed by atoms with E-state index >= 15 is 0 Å². The van der Waals surface area contributed by atoms with Gasteiger partial charge in [0.25, 0.3) is 5.91 Å². The van der Waals surface area contributed by atoms with E-state index in [1.165, 1.54) is 13.2 Å². The summed E-state index contributed by atoms with van der Waals surface area (Å²) >= 11 is 5.97. The molecule has 2 N–H and O–H groups in total. The summed E-state index contributed by atoms with van der Waals surface area (Å²) in [5, 5.41) is 13.7. The molecule has 0 unspecified atom stereocenters. The lowest BCUT2D eigenvalue weighted by Crippen LogP contribution is -2.43. The van der Waals surface area contributed by atoms with Gasteiger partial charge in [-0.15, -0.1) is 0 Å². The fourth-order valence-electron chi connectivity index (χ4n) is 3.96. The fraction of sp³-hybridized carbons (Fsp3) is 0.381. The number of aromatic hydroxyl groups is 1. The van der Waals surface area contributed by atoms with E-state index < -0.39 is 0 Å². The minimum Gasteiger partial charge on any atom is -0.504 e. The van der Waals surface area contributed by atoms with Crippen LogP contribution in [0, 0.1) is 0 Å². The molecule has 2 heterocycles. The summed E-state index contributed by atoms with van der Waals surface area (Å²) in [6.45, 7) is 2.22. The second-order valence-electron chi connectivity index (χ2n) is 7.27. The third-order valence-electron chi connectivity index (χ3n) is 5.44. The monoisotopic (exact) mass is 402 g/mol. The van der Waals surface area contributed by atoms with Gasteiger partial charge in [-0.3, -0.25) is 9.69 Å². The number of fused-ring (bicyclic) bond motifs is 1. The molecule has 4 rings (SSSR count). The second-order valence-corrected chi connectivity index (χ2v) is 7.71. The van der Waals surface area contributed by atoms with E-state index in [0.29, 0.717) is 29.0 Å². The van der Waals surface area contributed by atoms with Crippen molar-refractivity contribution >= 4 is 17.5 Å². The highest BCUT2D eigenvalue weighted by molar-refractivity contribution is 6.30. The third-order valence-corrected chi connectivity index (χ3v) is 5.69. The number of rotatable bonds is 4. The van der Waals surface area contributed by atoms with Crippen LogP contribution in [0.4, 0.5) is 0 Å². The Morgan fingerprint density at radius 2 is 2.04 bits per heavy atom. The molecule has 0 aliphatic carbocycles. The number of carbonyl (C=O) groups excluding carboxylic acids is 1. The van der Waals surface area contributed by atoms with Crippen LogP contribution >= 0.6 is 11.6 Å². The summed E-state index contributed by atoms with van der Waals surface area (Å²) in [7, 11) is 1.48. The number of morpholine rings is 1. The largest absolute Gasteiger partial charge is 0.504 e. The predicted molar refractivity (Wildman–Crippen MR) is 106 cm³/mol. The van der Waals surface area contributed by atoms with Crippen molar-refractivity contribution < 1.29 is 19.4 Å². The van der Waals surface area contributed by atoms with Crippen LogP contribution in [0.5, 0.6) is 11.5 Å². The van der Waals surface area contributed by atoms with Crippen molar-refractivity contribution in [3.63, 3.8) is 0 Å². The molecule has 0 bridgehead atoms. The third kappa shape index (κ3) is 3.94. The number of ether oxygens (including phenoxy) is 2. The molecule has 148 valence electrons. The first kappa shape index (κ1) is 19.1. The van der Waals surface area contributed by atoms with Crippen molar-refractivity contribution in [2.75, 3.05) is 26.8 Å². The van der Waals surface area contributed by atoms with Gasteiger partial charge in [0, 0.05) is 35.8 Å². The van der Waals surface area contributed by atoms with Crippen molar-refractivity contribution in [1.82, 2.24) is 10.2 Å². The second kappa shape index (κ2) is 7.99. The molecule has 28 heavy (non-hydrogen) atoms. The number of hydrogen-bond acceptors (Lipinski definition) is 5. The molecule has 7 heteroatoms. The van der Waals surface area contributed by atoms with Gasteiger partial charge in [0.1, 0.15) is 0 Å². The van der Waals surface area contributed by atoms with Gasteiger partial charge in [0.15, 0.2) is 11.5 Å². The van der Waals surface area contributed by atoms with E-state index in [2.05, 4.69) is 10.2 Å². The van der Waals surface area contributed by atoms with Crippen LogP contribution in [-0.2, 0) is 4.74 Å². The van der Waals surface area contributed by atoms with E-state index in [-0.39, 0.29) is 23.8 Å². The minimum atomic E-state index is -0.196. The molecule has 0 spiro atoms. The van der Waals surface area contributed by atoms with Gasteiger partial charge in [-0.1, -0.05) is 23.7 Å². The highest BCUT2D eigenvalue weighted by Gasteiger charge is 2.38. The van der Waals surface area contributed by atoms with Crippen LogP contribution in [0.1, 0.15) is 28.4 Å². The van der Waals surface area contributed by atoms with Gasteiger partial charge in [-0.2, -0.15) is 0 Å². The molecule has 2 aliphatic rings. The normalized spacial score (nSPS) is 24.6. The van der Waals surface area contributed by atoms with Crippen LogP contribution in [0.15, 0.2) is 42.5 Å². The Hall–Kier alpha value is -2.28. The molecule has 2 fully saturated rings. The Labute approximate surface area is 169 Å². The number of nitrogens with zero attached hydrogens (tertiary/aromatic N) is 1. The van der Waals surface area contributed by atoms with Gasteiger partial charge in [0.2, 0.25) is 0 Å². The zero-order chi connectivity index (χ0) is 19.7. The van der Waals surface area contributed by atoms with Crippen LogP contribution in [0.2, 0.25) is 5.02 Å². The van der Waals surface area contributed by atoms with E-state index in [1.54, 1.807) is 12.1 Å². The number of nitrogens with one attached hydrogen (secondary N) is 1. The van der Waals surface area contributed by atoms with Crippen molar-refractivity contribution in [3.05, 3.63) is 58.6 Å². The van der Waals surface area contributed by atoms with Gasteiger partial charge >= 0.3 is 0 Å². The smallest absolute Gasteiger partial charge is 0.251 e. The average molecular weight is 403 g/mol. The summed E-state index contributed by atoms with van der Waals surface area (Å²) in [5.41, 5.74) is 1.53. The lowest BCUT2D eigenvalue weighted by atomic mass is 10.1. The van der Waals surface area contributed by atoms with Crippen LogP contribution in [-0.4, -0.2) is 54.8 Å². The molecule has 3 atom stereocenters. The number of carbonyl (C=O) groups is 1. The minimum absolute atomic E-state index is 0.0153. The Morgan fingerprint density at radius 3 is 2.75 bits per heavy atom. The number of amides is 1. The SMILES string of the molecule is COc1ccc(C(=O)N[C@H]2C[C@H]3CO[C@@H](c4ccc(Cl)cc4)CN3C2)cc1O. The lowest BCUT2D eigenvalue weighted by molar-refractivity contribution is -0.0502. The van der Waals surface area contributed by atoms with Gasteiger partial charge in [-0.05, 0) is 42.3 Å². The number of benzene rings is 2. The van der Waals surface area contributed by atoms with Gasteiger partial charge in [-0.25, -0.2) is 0 Å². The zero-order valence-corrected chi connectivity index (χ0v) is 16.4. The number of phenolic OH excluding ortho intramolecular Hbond substituents is 1. The van der Waals surface area contributed by atoms with Crippen molar-refractivity contribution in [2.45, 2.75) is 24.6 Å². The molecule has 2 aromatic carbocycles. The zero-order valence-electron chi connectivity index (χ0n) is 15.6. The fourth-order valence-corrected chi connectivity index (χ4v) is 4.08. The number of methoxy groups -OCH3 is 1. The molecule has 6 nitrogen and oxygen atoms in total. The van der Waals surface area contributed by atoms with E-state index in [0.717, 1.165) is 25.1 Å². The summed E-state index contributed by atoms with van der Waals surface area (Å²) in [6, 6.07) is 12.8. The molecule has 2 saturated heterocycles. The van der Waals surface area contributed by atoms with Gasteiger partial charge in [0.05, 0.1) is 19.8 Å². The summed E-state index contributed by atoms with van der Waals surface area (Å²) in [4.78, 5) is 14.9. The number of phenols is 1. The van der Waals surface area contributed by atoms with Crippen LogP contribution in [0.3, 0.4) is 0 Å². The predicted octanol–water partition coefficient (Wildman–Crippen LogP) is 3.00. The molecule has 1 amide bonds. The maximum atomic E-state index is 12.6. The maximum absolute atomic E-state index is 12.6. The molecule has 0 saturated carbocycles. The first-order chi connectivity index (χ1) is 13.5. The average Bonchev–Trinajstić information content (AvgIpc) is 3.09. The van der Waals surface area contributed by atoms with Crippen molar-refractivity contribution in [2.24, 2.45) is 0 Å². The maximum Gasteiger partial charge on any atom is 0.251 e. The Balaban J connectivity index is 1.37. The molecular weight excluding hydrogens is 380 g/mol. The quantitative estimate of drug-likeness (QED) is 0.822. The molecule has 0 radical (unpaired) electrons. The summed E-state index contributed by atoms with van der Waals surface area (Å²) in [6.07, 6.45) is 0.864. The van der Waals surface area contributed by atoms with Crippen LogP contribution in [0.25, 0.3) is 0 Å². The Morgan fingerprint density at radius 1 is 1.25 bits per heavy atom. The highest BCUT2D eigenvalue weighted by Crippen LogP contribution is 2.31. The Kier molecular flexibility index (Phi) is 5.44. The molecule has 2 aromatic rings. The first-order valence-electron chi connectivity index (χ1n) is 9.32. The molecule has 2 aliphatic heterocycles. The number of hydrogen-bond donors (Lipinski definition) is 2. The van der Waals surface area contributed by atoms with Crippen LogP contribution < -0.4 is 10.1 Å².